The van der Waals surface area contributed by atoms with E-state index < -0.39 is 17.7 Å². The van der Waals surface area contributed by atoms with Crippen LogP contribution in [-0.4, -0.2) is 39.7 Å². The first-order valence-corrected chi connectivity index (χ1v) is 12.5. The Morgan fingerprint density at radius 3 is 2.53 bits per heavy atom. The molecule has 36 heavy (non-hydrogen) atoms. The number of hydrogen-bond donors (Lipinski definition) is 0. The molecular formula is C25H28ClF4N3O3. The zero-order chi connectivity index (χ0) is 26.0. The molecule has 1 aliphatic heterocycles. The highest BCUT2D eigenvalue weighted by Gasteiger charge is 2.41. The van der Waals surface area contributed by atoms with Crippen molar-refractivity contribution in [1.29, 1.82) is 0 Å². The van der Waals surface area contributed by atoms with E-state index in [0.29, 0.717) is 30.7 Å². The fraction of sp³-hybridized carbons (Fsp3) is 0.560. The Hall–Kier alpha value is -2.62. The first-order chi connectivity index (χ1) is 17.0. The van der Waals surface area contributed by atoms with Crippen molar-refractivity contribution >= 4 is 23.5 Å². The Balaban J connectivity index is 1.47. The first kappa shape index (κ1) is 26.4. The van der Waals surface area contributed by atoms with Gasteiger partial charge in [-0.05, 0) is 68.7 Å². The summed E-state index contributed by atoms with van der Waals surface area (Å²) in [5.41, 5.74) is -0.220. The largest absolute Gasteiger partial charge is 0.466 e. The molecule has 6 nitrogen and oxygen atoms in total. The van der Waals surface area contributed by atoms with Crippen LogP contribution in [0, 0.1) is 17.7 Å². The van der Waals surface area contributed by atoms with E-state index in [9.17, 15) is 27.2 Å². The smallest absolute Gasteiger partial charge is 0.435 e. The lowest BCUT2D eigenvalue weighted by atomic mass is 9.80. The standard InChI is InChI=1S/C25H28ClF4N3O3/c1-2-36-24(35)17-5-3-15(4-6-17)11-22(34)32-8-7-20-21(14-32)33(31-23(20)25(28,29)30)13-16-9-18(26)12-19(27)10-16/h9-10,12,15,17H,2-8,11,13-14H2,1H3/t15-,17-. The molecule has 0 radical (unpaired) electrons. The maximum atomic E-state index is 13.8. The molecule has 2 aliphatic rings. The molecule has 0 spiro atoms. The van der Waals surface area contributed by atoms with E-state index in [0.717, 1.165) is 18.9 Å². The molecule has 1 aromatic heterocycles. The number of carbonyl (C=O) groups is 2. The molecule has 1 fully saturated rings. The van der Waals surface area contributed by atoms with Crippen LogP contribution in [-0.2, 0) is 40.0 Å². The van der Waals surface area contributed by atoms with Crippen molar-refractivity contribution in [2.75, 3.05) is 13.2 Å². The Bertz CT molecular complexity index is 1110. The summed E-state index contributed by atoms with van der Waals surface area (Å²) in [5, 5.41) is 3.95. The third-order valence-electron chi connectivity index (χ3n) is 6.94. The number of esters is 1. The molecular weight excluding hydrogens is 502 g/mol. The topological polar surface area (TPSA) is 64.4 Å². The minimum absolute atomic E-state index is 0.00152. The zero-order valence-corrected chi connectivity index (χ0v) is 20.7. The summed E-state index contributed by atoms with van der Waals surface area (Å²) in [6, 6.07) is 3.79. The van der Waals surface area contributed by atoms with Gasteiger partial charge in [-0.25, -0.2) is 4.39 Å². The number of rotatable bonds is 6. The van der Waals surface area contributed by atoms with Crippen molar-refractivity contribution in [1.82, 2.24) is 14.7 Å². The number of alkyl halides is 3. The Labute approximate surface area is 211 Å². The van der Waals surface area contributed by atoms with Crippen molar-refractivity contribution in [3.8, 4) is 0 Å². The summed E-state index contributed by atoms with van der Waals surface area (Å²) in [6.07, 6.45) is -1.54. The summed E-state index contributed by atoms with van der Waals surface area (Å²) in [7, 11) is 0. The van der Waals surface area contributed by atoms with E-state index in [1.807, 2.05) is 0 Å². The molecule has 0 saturated heterocycles. The van der Waals surface area contributed by atoms with E-state index in [4.69, 9.17) is 16.3 Å². The van der Waals surface area contributed by atoms with Gasteiger partial charge in [0.05, 0.1) is 31.3 Å². The zero-order valence-electron chi connectivity index (χ0n) is 19.9. The molecule has 2 aromatic rings. The molecule has 1 aliphatic carbocycles. The second kappa shape index (κ2) is 10.8. The van der Waals surface area contributed by atoms with Gasteiger partial charge in [-0.1, -0.05) is 11.6 Å². The summed E-state index contributed by atoms with van der Waals surface area (Å²) >= 11 is 5.91. The molecule has 0 atom stereocenters. The predicted octanol–water partition coefficient (Wildman–Crippen LogP) is 5.39. The maximum Gasteiger partial charge on any atom is 0.435 e. The Morgan fingerprint density at radius 2 is 1.89 bits per heavy atom. The van der Waals surface area contributed by atoms with Crippen molar-refractivity contribution in [2.45, 2.75) is 64.7 Å². The van der Waals surface area contributed by atoms with E-state index in [-0.39, 0.29) is 66.8 Å². The molecule has 1 saturated carbocycles. The van der Waals surface area contributed by atoms with Crippen molar-refractivity contribution in [3.63, 3.8) is 0 Å². The highest BCUT2D eigenvalue weighted by molar-refractivity contribution is 6.30. The predicted molar refractivity (Wildman–Crippen MR) is 124 cm³/mol. The maximum absolute atomic E-state index is 13.8. The van der Waals surface area contributed by atoms with Gasteiger partial charge < -0.3 is 9.64 Å². The summed E-state index contributed by atoms with van der Waals surface area (Å²) in [5.74, 6) is -0.937. The van der Waals surface area contributed by atoms with Crippen LogP contribution in [0.5, 0.6) is 0 Å². The van der Waals surface area contributed by atoms with Crippen molar-refractivity contribution in [2.24, 2.45) is 11.8 Å². The van der Waals surface area contributed by atoms with Gasteiger partial charge in [-0.3, -0.25) is 14.3 Å². The number of nitrogens with zero attached hydrogens (tertiary/aromatic N) is 3. The number of halogens is 5. The first-order valence-electron chi connectivity index (χ1n) is 12.1. The van der Waals surface area contributed by atoms with Crippen LogP contribution in [0.1, 0.15) is 61.5 Å². The molecule has 196 valence electrons. The third-order valence-corrected chi connectivity index (χ3v) is 7.16. The summed E-state index contributed by atoms with van der Waals surface area (Å²) in [6.45, 7) is 2.18. The van der Waals surface area contributed by atoms with Gasteiger partial charge in [0.25, 0.3) is 0 Å². The number of amides is 1. The van der Waals surface area contributed by atoms with Crippen LogP contribution in [0.25, 0.3) is 0 Å². The number of carbonyl (C=O) groups excluding carboxylic acids is 2. The van der Waals surface area contributed by atoms with Crippen LogP contribution < -0.4 is 0 Å². The van der Waals surface area contributed by atoms with E-state index in [1.165, 1.54) is 16.8 Å². The molecule has 1 amide bonds. The average molecular weight is 530 g/mol. The SMILES string of the molecule is CCOC(=O)[C@H]1CC[C@H](CC(=O)N2CCc3c(C(F)(F)F)nn(Cc4cc(F)cc(Cl)c4)c3C2)CC1. The molecule has 2 heterocycles. The van der Waals surface area contributed by atoms with Crippen molar-refractivity contribution < 1.29 is 31.9 Å². The van der Waals surface area contributed by atoms with Crippen LogP contribution >= 0.6 is 11.6 Å². The van der Waals surface area contributed by atoms with Crippen LogP contribution in [0.4, 0.5) is 17.6 Å². The molecule has 0 unspecified atom stereocenters. The van der Waals surface area contributed by atoms with E-state index in [2.05, 4.69) is 5.10 Å². The lowest BCUT2D eigenvalue weighted by molar-refractivity contribution is -0.149. The summed E-state index contributed by atoms with van der Waals surface area (Å²) < 4.78 is 61.1. The monoisotopic (exact) mass is 529 g/mol. The normalized spacial score (nSPS) is 20.2. The minimum atomic E-state index is -4.64. The van der Waals surface area contributed by atoms with Crippen LogP contribution in [0.3, 0.4) is 0 Å². The van der Waals surface area contributed by atoms with Crippen molar-refractivity contribution in [3.05, 3.63) is 51.6 Å². The van der Waals surface area contributed by atoms with Gasteiger partial charge >= 0.3 is 12.1 Å². The minimum Gasteiger partial charge on any atom is -0.466 e. The van der Waals surface area contributed by atoms with Gasteiger partial charge in [-0.2, -0.15) is 18.3 Å². The van der Waals surface area contributed by atoms with Gasteiger partial charge in [0.2, 0.25) is 5.91 Å². The van der Waals surface area contributed by atoms with Gasteiger partial charge in [-0.15, -0.1) is 0 Å². The third kappa shape index (κ3) is 6.02. The molecule has 1 aromatic carbocycles. The van der Waals surface area contributed by atoms with Crippen LogP contribution in [0.2, 0.25) is 5.02 Å². The Kier molecular flexibility index (Phi) is 7.92. The fourth-order valence-corrected chi connectivity index (χ4v) is 5.41. The van der Waals surface area contributed by atoms with Gasteiger partial charge in [0.1, 0.15) is 5.82 Å². The lowest BCUT2D eigenvalue weighted by Crippen LogP contribution is -2.38. The van der Waals surface area contributed by atoms with Crippen LogP contribution in [0.15, 0.2) is 18.2 Å². The molecule has 4 rings (SSSR count). The second-order valence-corrected chi connectivity index (χ2v) is 9.88. The number of aromatic nitrogens is 2. The lowest BCUT2D eigenvalue weighted by Gasteiger charge is -2.31. The van der Waals surface area contributed by atoms with E-state index in [1.54, 1.807) is 11.8 Å². The number of benzene rings is 1. The van der Waals surface area contributed by atoms with E-state index >= 15 is 0 Å². The second-order valence-electron chi connectivity index (χ2n) is 9.45. The average Bonchev–Trinajstić information content (AvgIpc) is 3.17. The molecule has 11 heteroatoms. The van der Waals surface area contributed by atoms with Gasteiger partial charge in [0.15, 0.2) is 5.69 Å². The Morgan fingerprint density at radius 1 is 1.17 bits per heavy atom. The number of fused-ring (bicyclic) bond motifs is 1. The molecule has 0 bridgehead atoms. The number of hydrogen-bond acceptors (Lipinski definition) is 4. The number of ether oxygens (including phenoxy) is 1. The fourth-order valence-electron chi connectivity index (χ4n) is 5.17. The van der Waals surface area contributed by atoms with Gasteiger partial charge in [0, 0.05) is 23.6 Å². The highest BCUT2D eigenvalue weighted by atomic mass is 35.5. The summed E-state index contributed by atoms with van der Waals surface area (Å²) in [4.78, 5) is 26.6. The quantitative estimate of drug-likeness (QED) is 0.372. The molecule has 0 N–H and O–H groups in total. The highest BCUT2D eigenvalue weighted by Crippen LogP contribution is 2.36.